The summed E-state index contributed by atoms with van der Waals surface area (Å²) in [5.41, 5.74) is 0. The van der Waals surface area contributed by atoms with Crippen molar-refractivity contribution in [1.29, 1.82) is 0 Å². The Morgan fingerprint density at radius 1 is 0.970 bits per heavy atom. The van der Waals surface area contributed by atoms with E-state index in [2.05, 4.69) is 5.32 Å². The third-order valence-corrected chi connectivity index (χ3v) is 5.64. The zero-order valence-corrected chi connectivity index (χ0v) is 18.5. The van der Waals surface area contributed by atoms with E-state index < -0.39 is 73.9 Å². The van der Waals surface area contributed by atoms with Gasteiger partial charge in [0.25, 0.3) is 0 Å². The SMILES string of the molecule is COc1ccc(O[C@@H]2O[C@@H](C)[C@H](O)[C@@H](O[C@@H]3O[C@H](CO)[C@@H](O)[C@H](O)[C@H]3NC(C)=O)[C@H]2O)cc1. The van der Waals surface area contributed by atoms with Crippen molar-refractivity contribution in [2.24, 2.45) is 0 Å². The van der Waals surface area contributed by atoms with E-state index in [1.807, 2.05) is 0 Å². The second kappa shape index (κ2) is 10.9. The minimum atomic E-state index is -1.54. The molecule has 1 aromatic rings. The number of ether oxygens (including phenoxy) is 5. The van der Waals surface area contributed by atoms with Gasteiger partial charge in [-0.05, 0) is 31.2 Å². The van der Waals surface area contributed by atoms with Crippen molar-refractivity contribution in [3.8, 4) is 11.5 Å². The van der Waals surface area contributed by atoms with Crippen LogP contribution in [0.1, 0.15) is 13.8 Å². The molecule has 1 amide bonds. The molecule has 0 bridgehead atoms. The fourth-order valence-corrected chi connectivity index (χ4v) is 3.78. The van der Waals surface area contributed by atoms with Crippen LogP contribution < -0.4 is 14.8 Å². The molecule has 2 heterocycles. The minimum Gasteiger partial charge on any atom is -0.497 e. The van der Waals surface area contributed by atoms with Crippen LogP contribution in [0.5, 0.6) is 11.5 Å². The average molecular weight is 473 g/mol. The molecular weight excluding hydrogens is 442 g/mol. The normalized spacial score (nSPS) is 39.0. The summed E-state index contributed by atoms with van der Waals surface area (Å²) in [7, 11) is 1.52. The van der Waals surface area contributed by atoms with Gasteiger partial charge in [-0.3, -0.25) is 4.79 Å². The zero-order chi connectivity index (χ0) is 24.3. The molecule has 0 spiro atoms. The number of methoxy groups -OCH3 is 1. The molecule has 0 saturated carbocycles. The first-order valence-corrected chi connectivity index (χ1v) is 10.5. The topological polar surface area (TPSA) is 176 Å². The molecule has 0 radical (unpaired) electrons. The molecule has 2 aliphatic rings. The predicted octanol–water partition coefficient (Wildman–Crippen LogP) is -2.13. The maximum Gasteiger partial charge on any atom is 0.229 e. The second-order valence-electron chi connectivity index (χ2n) is 8.02. The summed E-state index contributed by atoms with van der Waals surface area (Å²) in [6.07, 6.45) is -11.9. The molecule has 6 N–H and O–H groups in total. The van der Waals surface area contributed by atoms with Crippen molar-refractivity contribution < 1.29 is 54.0 Å². The smallest absolute Gasteiger partial charge is 0.229 e. The predicted molar refractivity (Wildman–Crippen MR) is 110 cm³/mol. The number of hydrogen-bond acceptors (Lipinski definition) is 11. The second-order valence-corrected chi connectivity index (χ2v) is 8.02. The van der Waals surface area contributed by atoms with E-state index >= 15 is 0 Å². The maximum absolute atomic E-state index is 11.6. The Hall–Kier alpha value is -2.03. The Kier molecular flexibility index (Phi) is 8.48. The number of aliphatic hydroxyl groups is 5. The number of hydrogen-bond donors (Lipinski definition) is 6. The number of rotatable bonds is 7. The quantitative estimate of drug-likeness (QED) is 0.255. The Morgan fingerprint density at radius 3 is 2.18 bits per heavy atom. The summed E-state index contributed by atoms with van der Waals surface area (Å²) in [6.45, 7) is 2.12. The molecule has 2 aliphatic heterocycles. The van der Waals surface area contributed by atoms with Crippen molar-refractivity contribution in [2.45, 2.75) is 75.2 Å². The molecule has 186 valence electrons. The third-order valence-electron chi connectivity index (χ3n) is 5.64. The lowest BCUT2D eigenvalue weighted by atomic mass is 9.95. The van der Waals surface area contributed by atoms with Crippen LogP contribution in [0.15, 0.2) is 24.3 Å². The van der Waals surface area contributed by atoms with Crippen LogP contribution in [-0.2, 0) is 19.0 Å². The largest absolute Gasteiger partial charge is 0.497 e. The third kappa shape index (κ3) is 5.73. The van der Waals surface area contributed by atoms with Crippen LogP contribution in [0, 0.1) is 0 Å². The van der Waals surface area contributed by atoms with E-state index in [0.29, 0.717) is 11.5 Å². The highest BCUT2D eigenvalue weighted by Crippen LogP contribution is 2.30. The molecule has 1 aromatic carbocycles. The van der Waals surface area contributed by atoms with Gasteiger partial charge in [-0.25, -0.2) is 0 Å². The number of nitrogens with one attached hydrogen (secondary N) is 1. The molecule has 10 atom stereocenters. The van der Waals surface area contributed by atoms with Gasteiger partial charge in [-0.15, -0.1) is 0 Å². The van der Waals surface area contributed by atoms with E-state index in [9.17, 15) is 30.3 Å². The standard InChI is InChI=1S/C21H31NO11/c1-9-15(25)19(18(28)21(30-9)31-12-6-4-11(29-3)5-7-12)33-20-14(22-10(2)24)17(27)16(26)13(8-23)32-20/h4-7,9,13-21,23,25-28H,8H2,1-3H3,(H,22,24)/t9-,13+,14+,15-,16+,17+,18+,19+,20-,21-/m0/s1. The van der Waals surface area contributed by atoms with E-state index in [1.54, 1.807) is 31.2 Å². The molecule has 12 nitrogen and oxygen atoms in total. The molecule has 0 aromatic heterocycles. The van der Waals surface area contributed by atoms with Crippen LogP contribution in [0.25, 0.3) is 0 Å². The van der Waals surface area contributed by atoms with Gasteiger partial charge in [-0.1, -0.05) is 0 Å². The van der Waals surface area contributed by atoms with Crippen LogP contribution in [-0.4, -0.2) is 107 Å². The summed E-state index contributed by atoms with van der Waals surface area (Å²) in [6, 6.07) is 5.31. The lowest BCUT2D eigenvalue weighted by Crippen LogP contribution is -2.67. The number of benzene rings is 1. The summed E-state index contributed by atoms with van der Waals surface area (Å²) in [4.78, 5) is 11.6. The first-order valence-electron chi connectivity index (χ1n) is 10.5. The molecule has 2 fully saturated rings. The van der Waals surface area contributed by atoms with Crippen LogP contribution in [0.4, 0.5) is 0 Å². The van der Waals surface area contributed by atoms with Crippen molar-refractivity contribution in [3.63, 3.8) is 0 Å². The van der Waals surface area contributed by atoms with Gasteiger partial charge in [0.2, 0.25) is 12.2 Å². The van der Waals surface area contributed by atoms with E-state index in [-0.39, 0.29) is 0 Å². The summed E-state index contributed by atoms with van der Waals surface area (Å²) < 4.78 is 27.7. The Morgan fingerprint density at radius 2 is 1.61 bits per heavy atom. The van der Waals surface area contributed by atoms with Crippen molar-refractivity contribution >= 4 is 5.91 Å². The van der Waals surface area contributed by atoms with Gasteiger partial charge in [0.1, 0.15) is 54.2 Å². The zero-order valence-electron chi connectivity index (χ0n) is 18.5. The molecule has 12 heteroatoms. The van der Waals surface area contributed by atoms with Crippen molar-refractivity contribution in [1.82, 2.24) is 5.32 Å². The van der Waals surface area contributed by atoms with Crippen LogP contribution in [0.2, 0.25) is 0 Å². The molecule has 3 rings (SSSR count). The monoisotopic (exact) mass is 473 g/mol. The molecule has 0 unspecified atom stereocenters. The van der Waals surface area contributed by atoms with Crippen LogP contribution >= 0.6 is 0 Å². The Balaban J connectivity index is 1.78. The van der Waals surface area contributed by atoms with Gasteiger partial charge >= 0.3 is 0 Å². The van der Waals surface area contributed by atoms with E-state index in [0.717, 1.165) is 0 Å². The molecular formula is C21H31NO11. The average Bonchev–Trinajstić information content (AvgIpc) is 2.79. The minimum absolute atomic E-state index is 0.367. The number of carbonyl (C=O) groups excluding carboxylic acids is 1. The fraction of sp³-hybridized carbons (Fsp3) is 0.667. The van der Waals surface area contributed by atoms with Gasteiger partial charge in [0.05, 0.1) is 19.8 Å². The van der Waals surface area contributed by atoms with E-state index in [4.69, 9.17) is 23.7 Å². The molecule has 2 saturated heterocycles. The Labute approximate surface area is 190 Å². The summed E-state index contributed by atoms with van der Waals surface area (Å²) >= 11 is 0. The van der Waals surface area contributed by atoms with E-state index in [1.165, 1.54) is 14.0 Å². The summed E-state index contributed by atoms with van der Waals surface area (Å²) in [5.74, 6) is 0.439. The van der Waals surface area contributed by atoms with Crippen molar-refractivity contribution in [2.75, 3.05) is 13.7 Å². The summed E-state index contributed by atoms with van der Waals surface area (Å²) in [5, 5.41) is 54.0. The first-order chi connectivity index (χ1) is 15.7. The van der Waals surface area contributed by atoms with Gasteiger partial charge < -0.3 is 54.5 Å². The molecule has 33 heavy (non-hydrogen) atoms. The van der Waals surface area contributed by atoms with Gasteiger partial charge in [0.15, 0.2) is 6.29 Å². The lowest BCUT2D eigenvalue weighted by molar-refractivity contribution is -0.334. The number of amides is 1. The highest BCUT2D eigenvalue weighted by molar-refractivity contribution is 5.73. The lowest BCUT2D eigenvalue weighted by Gasteiger charge is -2.46. The highest BCUT2D eigenvalue weighted by atomic mass is 16.7. The van der Waals surface area contributed by atoms with Gasteiger partial charge in [-0.2, -0.15) is 0 Å². The Bertz CT molecular complexity index is 778. The first kappa shape index (κ1) is 25.6. The maximum atomic E-state index is 11.6. The van der Waals surface area contributed by atoms with Gasteiger partial charge in [0, 0.05) is 6.92 Å². The number of aliphatic hydroxyl groups excluding tert-OH is 5. The number of carbonyl (C=O) groups is 1. The van der Waals surface area contributed by atoms with Crippen molar-refractivity contribution in [3.05, 3.63) is 24.3 Å². The molecule has 0 aliphatic carbocycles. The fourth-order valence-electron chi connectivity index (χ4n) is 3.78. The highest BCUT2D eigenvalue weighted by Gasteiger charge is 2.51. The van der Waals surface area contributed by atoms with Crippen LogP contribution in [0.3, 0.4) is 0 Å².